The van der Waals surface area contributed by atoms with Crippen LogP contribution in [0.4, 0.5) is 0 Å². The third-order valence-corrected chi connectivity index (χ3v) is 2.70. The number of nitrogens with one attached hydrogen (secondary N) is 2. The van der Waals surface area contributed by atoms with Gasteiger partial charge in [-0.25, -0.2) is 0 Å². The maximum Gasteiger partial charge on any atom is 0.223 e. The van der Waals surface area contributed by atoms with Gasteiger partial charge in [-0.3, -0.25) is 10.1 Å². The van der Waals surface area contributed by atoms with Gasteiger partial charge in [0.2, 0.25) is 5.91 Å². The third kappa shape index (κ3) is 2.33. The molecule has 1 aliphatic rings. The Morgan fingerprint density at radius 1 is 1.31 bits per heavy atom. The maximum absolute atomic E-state index is 11.4. The highest BCUT2D eigenvalue weighted by Gasteiger charge is 2.23. The summed E-state index contributed by atoms with van der Waals surface area (Å²) >= 11 is 0. The number of ether oxygens (including phenoxy) is 1. The molecule has 1 fully saturated rings. The van der Waals surface area contributed by atoms with E-state index >= 15 is 0 Å². The van der Waals surface area contributed by atoms with Crippen molar-refractivity contribution in [3.63, 3.8) is 0 Å². The Kier molecular flexibility index (Phi) is 3.10. The van der Waals surface area contributed by atoms with Crippen molar-refractivity contribution in [3.8, 4) is 5.75 Å². The highest BCUT2D eigenvalue weighted by molar-refractivity contribution is 5.77. The van der Waals surface area contributed by atoms with Gasteiger partial charge in [0.05, 0.1) is 7.11 Å². The fourth-order valence-electron chi connectivity index (χ4n) is 1.86. The molecule has 2 rings (SSSR count). The van der Waals surface area contributed by atoms with E-state index in [0.29, 0.717) is 6.42 Å². The van der Waals surface area contributed by atoms with E-state index in [-0.39, 0.29) is 18.1 Å². The Labute approximate surface area is 95.0 Å². The molecule has 16 heavy (non-hydrogen) atoms. The monoisotopic (exact) mass is 220 g/mol. The number of carbonyl (C=O) groups is 1. The molecule has 0 bridgehead atoms. The summed E-state index contributed by atoms with van der Waals surface area (Å²) in [7, 11) is 1.64. The molecule has 0 aliphatic carbocycles. The number of amides is 1. The van der Waals surface area contributed by atoms with Gasteiger partial charge in [0.15, 0.2) is 0 Å². The SMILES string of the molecule is COc1ccc(C2NC(=O)CC(C)N2)cc1. The Balaban J connectivity index is 2.13. The van der Waals surface area contributed by atoms with Crippen LogP contribution in [0.2, 0.25) is 0 Å². The largest absolute Gasteiger partial charge is 0.497 e. The van der Waals surface area contributed by atoms with Gasteiger partial charge >= 0.3 is 0 Å². The van der Waals surface area contributed by atoms with Gasteiger partial charge in [0, 0.05) is 12.5 Å². The topological polar surface area (TPSA) is 50.4 Å². The molecule has 0 spiro atoms. The van der Waals surface area contributed by atoms with Crippen LogP contribution in [0.5, 0.6) is 5.75 Å². The molecule has 4 nitrogen and oxygen atoms in total. The second-order valence-corrected chi connectivity index (χ2v) is 4.05. The van der Waals surface area contributed by atoms with Crippen molar-refractivity contribution in [2.45, 2.75) is 25.6 Å². The zero-order valence-electron chi connectivity index (χ0n) is 9.49. The summed E-state index contributed by atoms with van der Waals surface area (Å²) in [5, 5.41) is 6.24. The summed E-state index contributed by atoms with van der Waals surface area (Å²) < 4.78 is 5.09. The molecular weight excluding hydrogens is 204 g/mol. The molecule has 2 unspecified atom stereocenters. The minimum atomic E-state index is -0.0952. The summed E-state index contributed by atoms with van der Waals surface area (Å²) in [5.74, 6) is 0.908. The second kappa shape index (κ2) is 4.53. The van der Waals surface area contributed by atoms with E-state index in [1.807, 2.05) is 31.2 Å². The summed E-state index contributed by atoms with van der Waals surface area (Å²) in [5.41, 5.74) is 1.04. The van der Waals surface area contributed by atoms with Crippen LogP contribution < -0.4 is 15.4 Å². The first-order valence-corrected chi connectivity index (χ1v) is 5.38. The fourth-order valence-corrected chi connectivity index (χ4v) is 1.86. The molecule has 1 aromatic rings. The summed E-state index contributed by atoms with van der Waals surface area (Å²) in [6.07, 6.45) is 0.439. The lowest BCUT2D eigenvalue weighted by Gasteiger charge is -2.29. The maximum atomic E-state index is 11.4. The van der Waals surface area contributed by atoms with Gasteiger partial charge in [-0.15, -0.1) is 0 Å². The first-order chi connectivity index (χ1) is 7.69. The van der Waals surface area contributed by atoms with Gasteiger partial charge < -0.3 is 10.1 Å². The van der Waals surface area contributed by atoms with Gasteiger partial charge in [-0.05, 0) is 24.6 Å². The molecule has 2 N–H and O–H groups in total. The predicted octanol–water partition coefficient (Wildman–Crippen LogP) is 1.19. The number of rotatable bonds is 2. The van der Waals surface area contributed by atoms with Crippen LogP contribution in [0.25, 0.3) is 0 Å². The molecule has 0 radical (unpaired) electrons. The molecule has 0 saturated carbocycles. The van der Waals surface area contributed by atoms with E-state index in [4.69, 9.17) is 4.74 Å². The Morgan fingerprint density at radius 3 is 2.56 bits per heavy atom. The van der Waals surface area contributed by atoms with Crippen LogP contribution in [0.1, 0.15) is 25.1 Å². The molecule has 1 aliphatic heterocycles. The molecule has 4 heteroatoms. The van der Waals surface area contributed by atoms with Crippen molar-refractivity contribution in [3.05, 3.63) is 29.8 Å². The highest BCUT2D eigenvalue weighted by atomic mass is 16.5. The van der Waals surface area contributed by atoms with Crippen LogP contribution >= 0.6 is 0 Å². The lowest BCUT2D eigenvalue weighted by atomic mass is 10.1. The molecule has 2 atom stereocenters. The van der Waals surface area contributed by atoms with Gasteiger partial charge in [-0.2, -0.15) is 0 Å². The first kappa shape index (κ1) is 11.0. The Hall–Kier alpha value is -1.55. The van der Waals surface area contributed by atoms with Crippen LogP contribution in [0.15, 0.2) is 24.3 Å². The van der Waals surface area contributed by atoms with Crippen molar-refractivity contribution < 1.29 is 9.53 Å². The van der Waals surface area contributed by atoms with E-state index in [1.54, 1.807) is 7.11 Å². The summed E-state index contributed by atoms with van der Waals surface area (Å²) in [6, 6.07) is 7.90. The van der Waals surface area contributed by atoms with E-state index < -0.39 is 0 Å². The van der Waals surface area contributed by atoms with Crippen molar-refractivity contribution in [2.75, 3.05) is 7.11 Å². The quantitative estimate of drug-likeness (QED) is 0.787. The Morgan fingerprint density at radius 2 is 2.00 bits per heavy atom. The number of benzene rings is 1. The van der Waals surface area contributed by atoms with Crippen LogP contribution in [-0.4, -0.2) is 19.1 Å². The molecule has 1 saturated heterocycles. The Bertz CT molecular complexity index is 375. The van der Waals surface area contributed by atoms with Crippen molar-refractivity contribution in [1.82, 2.24) is 10.6 Å². The first-order valence-electron chi connectivity index (χ1n) is 5.38. The minimum absolute atomic E-state index is 0.0899. The smallest absolute Gasteiger partial charge is 0.223 e. The van der Waals surface area contributed by atoms with Crippen molar-refractivity contribution >= 4 is 5.91 Å². The van der Waals surface area contributed by atoms with Crippen molar-refractivity contribution in [2.24, 2.45) is 0 Å². The van der Waals surface area contributed by atoms with Crippen LogP contribution in [0.3, 0.4) is 0 Å². The number of carbonyl (C=O) groups excluding carboxylic acids is 1. The standard InChI is InChI=1S/C12H16N2O2/c1-8-7-11(15)14-12(13-8)9-3-5-10(16-2)6-4-9/h3-6,8,12-13H,7H2,1-2H3,(H,14,15). The molecule has 0 aromatic heterocycles. The second-order valence-electron chi connectivity index (χ2n) is 4.05. The summed E-state index contributed by atoms with van der Waals surface area (Å²) in [6.45, 7) is 2.01. The molecule has 1 aromatic carbocycles. The summed E-state index contributed by atoms with van der Waals surface area (Å²) in [4.78, 5) is 11.4. The highest BCUT2D eigenvalue weighted by Crippen LogP contribution is 2.18. The number of methoxy groups -OCH3 is 1. The van der Waals surface area contributed by atoms with Gasteiger partial charge in [-0.1, -0.05) is 12.1 Å². The zero-order chi connectivity index (χ0) is 11.5. The molecule has 1 heterocycles. The predicted molar refractivity (Wildman–Crippen MR) is 61.1 cm³/mol. The van der Waals surface area contributed by atoms with Gasteiger partial charge in [0.1, 0.15) is 11.9 Å². The van der Waals surface area contributed by atoms with Crippen molar-refractivity contribution in [1.29, 1.82) is 0 Å². The fraction of sp³-hybridized carbons (Fsp3) is 0.417. The van der Waals surface area contributed by atoms with Crippen LogP contribution in [-0.2, 0) is 4.79 Å². The van der Waals surface area contributed by atoms with E-state index in [0.717, 1.165) is 11.3 Å². The lowest BCUT2D eigenvalue weighted by Crippen LogP contribution is -2.49. The molecule has 1 amide bonds. The average molecular weight is 220 g/mol. The van der Waals surface area contributed by atoms with E-state index in [1.165, 1.54) is 0 Å². The van der Waals surface area contributed by atoms with E-state index in [9.17, 15) is 4.79 Å². The lowest BCUT2D eigenvalue weighted by molar-refractivity contribution is -0.124. The van der Waals surface area contributed by atoms with Crippen LogP contribution in [0, 0.1) is 0 Å². The van der Waals surface area contributed by atoms with Gasteiger partial charge in [0.25, 0.3) is 0 Å². The third-order valence-electron chi connectivity index (χ3n) is 2.70. The molecular formula is C12H16N2O2. The normalized spacial score (nSPS) is 25.0. The average Bonchev–Trinajstić information content (AvgIpc) is 2.28. The molecule has 86 valence electrons. The zero-order valence-corrected chi connectivity index (χ0v) is 9.49. The number of hydrogen-bond acceptors (Lipinski definition) is 3. The van der Waals surface area contributed by atoms with E-state index in [2.05, 4.69) is 10.6 Å². The minimum Gasteiger partial charge on any atom is -0.497 e. The number of hydrogen-bond donors (Lipinski definition) is 2.